The van der Waals surface area contributed by atoms with Crippen molar-refractivity contribution in [1.82, 2.24) is 0 Å². The molecular weight excluding hydrogens is 949 g/mol. The first-order valence-electron chi connectivity index (χ1n) is 34.1. The first-order valence-corrected chi connectivity index (χ1v) is 34.1. The molecule has 0 saturated carbocycles. The maximum atomic E-state index is 12.9. The lowest BCUT2D eigenvalue weighted by molar-refractivity contribution is -0.167. The summed E-state index contributed by atoms with van der Waals surface area (Å²) in [6, 6.07) is 0. The molecular formula is C71H130O6. The molecule has 0 aromatic rings. The highest BCUT2D eigenvalue weighted by Crippen LogP contribution is 2.17. The van der Waals surface area contributed by atoms with E-state index >= 15 is 0 Å². The fourth-order valence-corrected chi connectivity index (χ4v) is 10.1. The highest BCUT2D eigenvalue weighted by atomic mass is 16.6. The number of carbonyl (C=O) groups is 3. The summed E-state index contributed by atoms with van der Waals surface area (Å²) >= 11 is 0. The summed E-state index contributed by atoms with van der Waals surface area (Å²) in [6.07, 6.45) is 82.8. The summed E-state index contributed by atoms with van der Waals surface area (Å²) in [7, 11) is 0. The standard InChI is InChI=1S/C71H130O6/c1-4-7-10-13-16-19-22-25-28-30-31-32-33-34-35-36-37-38-39-40-41-42-44-46-49-52-55-58-61-64-70(73)76-67-68(66-75-69(72)63-60-57-54-51-48-45-27-24-21-18-15-12-9-6-3)77-71(74)65-62-59-56-53-50-47-43-29-26-23-20-17-14-11-8-5-2/h22,24-25,27,29-31,43,68H,4-21,23,26,28,32-42,44-67H2,1-3H3/b25-22-,27-24-,31-30-,43-29-. The molecule has 6 heteroatoms. The third kappa shape index (κ3) is 64.1. The van der Waals surface area contributed by atoms with Crippen LogP contribution in [0.3, 0.4) is 0 Å². The zero-order valence-corrected chi connectivity index (χ0v) is 51.7. The van der Waals surface area contributed by atoms with Gasteiger partial charge in [-0.25, -0.2) is 0 Å². The molecule has 1 atom stereocenters. The molecule has 0 saturated heterocycles. The Kier molecular flexibility index (Phi) is 63.6. The summed E-state index contributed by atoms with van der Waals surface area (Å²) in [5.74, 6) is -0.871. The van der Waals surface area contributed by atoms with Crippen LogP contribution in [0.25, 0.3) is 0 Å². The molecule has 0 heterocycles. The van der Waals surface area contributed by atoms with Crippen LogP contribution >= 0.6 is 0 Å². The SMILES string of the molecule is CCCCCCC/C=C\C/C=C\CCCCCCCCCCCCCCCCCCCC(=O)OCC(COC(=O)CCCCCCC/C=C\CCCCCCC)OC(=O)CCCCCCC/C=C\CCCCCCCCC. The molecule has 0 radical (unpaired) electrons. The van der Waals surface area contributed by atoms with Crippen LogP contribution in [0.1, 0.15) is 367 Å². The van der Waals surface area contributed by atoms with Crippen molar-refractivity contribution in [3.8, 4) is 0 Å². The number of hydrogen-bond donors (Lipinski definition) is 0. The summed E-state index contributed by atoms with van der Waals surface area (Å²) in [5, 5.41) is 0. The number of esters is 3. The third-order valence-corrected chi connectivity index (χ3v) is 15.3. The van der Waals surface area contributed by atoms with Crippen molar-refractivity contribution in [3.63, 3.8) is 0 Å². The van der Waals surface area contributed by atoms with Gasteiger partial charge in [0.15, 0.2) is 6.10 Å². The number of rotatable bonds is 63. The summed E-state index contributed by atoms with van der Waals surface area (Å²) in [6.45, 7) is 6.66. The van der Waals surface area contributed by atoms with E-state index in [1.165, 1.54) is 250 Å². The van der Waals surface area contributed by atoms with Crippen LogP contribution in [0.5, 0.6) is 0 Å². The molecule has 77 heavy (non-hydrogen) atoms. The van der Waals surface area contributed by atoms with Crippen LogP contribution < -0.4 is 0 Å². The molecule has 1 unspecified atom stereocenters. The predicted molar refractivity (Wildman–Crippen MR) is 335 cm³/mol. The van der Waals surface area contributed by atoms with Crippen LogP contribution in [0.15, 0.2) is 48.6 Å². The zero-order chi connectivity index (χ0) is 55.7. The van der Waals surface area contributed by atoms with Gasteiger partial charge >= 0.3 is 17.9 Å². The van der Waals surface area contributed by atoms with Crippen molar-refractivity contribution in [3.05, 3.63) is 48.6 Å². The van der Waals surface area contributed by atoms with E-state index in [0.29, 0.717) is 19.3 Å². The number of hydrogen-bond acceptors (Lipinski definition) is 6. The van der Waals surface area contributed by atoms with E-state index in [1.54, 1.807) is 0 Å². The summed E-state index contributed by atoms with van der Waals surface area (Å²) in [5.41, 5.74) is 0. The zero-order valence-electron chi connectivity index (χ0n) is 51.7. The second kappa shape index (κ2) is 65.9. The molecule has 0 aromatic carbocycles. The van der Waals surface area contributed by atoms with E-state index in [0.717, 1.165) is 77.0 Å². The van der Waals surface area contributed by atoms with Crippen molar-refractivity contribution >= 4 is 17.9 Å². The smallest absolute Gasteiger partial charge is 0.306 e. The Morgan fingerprint density at radius 2 is 0.468 bits per heavy atom. The van der Waals surface area contributed by atoms with Crippen molar-refractivity contribution in [2.24, 2.45) is 0 Å². The normalized spacial score (nSPS) is 12.3. The molecule has 0 fully saturated rings. The first-order chi connectivity index (χ1) is 38.0. The molecule has 0 N–H and O–H groups in total. The Morgan fingerprint density at radius 1 is 0.260 bits per heavy atom. The van der Waals surface area contributed by atoms with Crippen molar-refractivity contribution in [2.75, 3.05) is 13.2 Å². The molecule has 0 aliphatic heterocycles. The monoisotopic (exact) mass is 1080 g/mol. The maximum Gasteiger partial charge on any atom is 0.306 e. The molecule has 0 spiro atoms. The van der Waals surface area contributed by atoms with Gasteiger partial charge in [0.1, 0.15) is 13.2 Å². The van der Waals surface area contributed by atoms with Crippen molar-refractivity contribution < 1.29 is 28.6 Å². The molecule has 0 aliphatic rings. The average molecular weight is 1080 g/mol. The highest BCUT2D eigenvalue weighted by molar-refractivity contribution is 5.71. The van der Waals surface area contributed by atoms with E-state index in [-0.39, 0.29) is 31.1 Å². The second-order valence-corrected chi connectivity index (χ2v) is 23.1. The fourth-order valence-electron chi connectivity index (χ4n) is 10.1. The second-order valence-electron chi connectivity index (χ2n) is 23.1. The van der Waals surface area contributed by atoms with E-state index in [2.05, 4.69) is 69.4 Å². The van der Waals surface area contributed by atoms with Crippen LogP contribution in [-0.2, 0) is 28.6 Å². The van der Waals surface area contributed by atoms with Gasteiger partial charge in [-0.2, -0.15) is 0 Å². The fraction of sp³-hybridized carbons (Fsp3) is 0.845. The van der Waals surface area contributed by atoms with Gasteiger partial charge in [-0.15, -0.1) is 0 Å². The Bertz CT molecular complexity index is 1330. The maximum absolute atomic E-state index is 12.9. The molecule has 0 amide bonds. The van der Waals surface area contributed by atoms with Crippen molar-refractivity contribution in [2.45, 2.75) is 374 Å². The highest BCUT2D eigenvalue weighted by Gasteiger charge is 2.19. The third-order valence-electron chi connectivity index (χ3n) is 15.3. The van der Waals surface area contributed by atoms with Gasteiger partial charge in [-0.1, -0.05) is 294 Å². The minimum absolute atomic E-state index is 0.0755. The minimum Gasteiger partial charge on any atom is -0.462 e. The van der Waals surface area contributed by atoms with Gasteiger partial charge in [-0.3, -0.25) is 14.4 Å². The number of unbranched alkanes of at least 4 members (excludes halogenated alkanes) is 44. The quantitative estimate of drug-likeness (QED) is 0.0261. The topological polar surface area (TPSA) is 78.9 Å². The molecule has 450 valence electrons. The molecule has 6 nitrogen and oxygen atoms in total. The molecule has 0 aromatic heterocycles. The van der Waals surface area contributed by atoms with Crippen LogP contribution in [0.2, 0.25) is 0 Å². The van der Waals surface area contributed by atoms with Gasteiger partial charge in [0.05, 0.1) is 0 Å². The minimum atomic E-state index is -0.780. The van der Waals surface area contributed by atoms with Crippen LogP contribution in [0.4, 0.5) is 0 Å². The number of carbonyl (C=O) groups excluding carboxylic acids is 3. The lowest BCUT2D eigenvalue weighted by atomic mass is 10.0. The molecule has 0 aliphatic carbocycles. The van der Waals surface area contributed by atoms with Crippen LogP contribution in [-0.4, -0.2) is 37.2 Å². The Morgan fingerprint density at radius 3 is 0.727 bits per heavy atom. The Hall–Kier alpha value is -2.63. The summed E-state index contributed by atoms with van der Waals surface area (Å²) < 4.78 is 16.9. The predicted octanol–water partition coefficient (Wildman–Crippen LogP) is 23.3. The van der Waals surface area contributed by atoms with Gasteiger partial charge in [0.25, 0.3) is 0 Å². The van der Waals surface area contributed by atoms with E-state index < -0.39 is 6.10 Å². The van der Waals surface area contributed by atoms with Gasteiger partial charge in [-0.05, 0) is 103 Å². The Balaban J connectivity index is 4.20. The van der Waals surface area contributed by atoms with E-state index in [9.17, 15) is 14.4 Å². The number of allylic oxidation sites excluding steroid dienone is 8. The average Bonchev–Trinajstić information content (AvgIpc) is 3.43. The van der Waals surface area contributed by atoms with Gasteiger partial charge in [0, 0.05) is 19.3 Å². The lowest BCUT2D eigenvalue weighted by Gasteiger charge is -2.18. The van der Waals surface area contributed by atoms with Gasteiger partial charge < -0.3 is 14.2 Å². The van der Waals surface area contributed by atoms with E-state index in [4.69, 9.17) is 14.2 Å². The Labute approximate surface area is 479 Å². The van der Waals surface area contributed by atoms with Crippen molar-refractivity contribution in [1.29, 1.82) is 0 Å². The van der Waals surface area contributed by atoms with Gasteiger partial charge in [0.2, 0.25) is 0 Å². The molecule has 0 bridgehead atoms. The summed E-state index contributed by atoms with van der Waals surface area (Å²) in [4.78, 5) is 38.3. The van der Waals surface area contributed by atoms with E-state index in [1.807, 2.05) is 0 Å². The first kappa shape index (κ1) is 74.4. The largest absolute Gasteiger partial charge is 0.462 e. The number of ether oxygens (including phenoxy) is 3. The van der Waals surface area contributed by atoms with Crippen LogP contribution in [0, 0.1) is 0 Å². The lowest BCUT2D eigenvalue weighted by Crippen LogP contribution is -2.30. The molecule has 0 rings (SSSR count).